The third kappa shape index (κ3) is 2.79. The molecule has 1 aromatic carbocycles. The highest BCUT2D eigenvalue weighted by Gasteiger charge is 2.13. The quantitative estimate of drug-likeness (QED) is 0.790. The normalized spacial score (nSPS) is 10.8. The molecular weight excluding hydrogens is 264 g/mol. The predicted octanol–water partition coefficient (Wildman–Crippen LogP) is 3.95. The molecule has 2 aromatic heterocycles. The second kappa shape index (κ2) is 5.40. The summed E-state index contributed by atoms with van der Waals surface area (Å²) in [6, 6.07) is 13.1. The van der Waals surface area contributed by atoms with Crippen LogP contribution in [0.2, 0.25) is 0 Å². The maximum atomic E-state index is 12.2. The maximum absolute atomic E-state index is 12.2. The molecule has 4 heteroatoms. The molecule has 0 unspecified atom stereocenters. The van der Waals surface area contributed by atoms with Crippen LogP contribution in [0.1, 0.15) is 28.7 Å². The first-order chi connectivity index (χ1) is 10.2. The highest BCUT2D eigenvalue weighted by atomic mass is 16.3. The molecule has 3 rings (SSSR count). The molecule has 106 valence electrons. The molecule has 0 saturated heterocycles. The third-order valence-electron chi connectivity index (χ3n) is 3.36. The number of hydrogen-bond donors (Lipinski definition) is 1. The van der Waals surface area contributed by atoms with E-state index in [1.54, 1.807) is 6.07 Å². The van der Waals surface area contributed by atoms with Gasteiger partial charge in [0.25, 0.3) is 5.91 Å². The van der Waals surface area contributed by atoms with Crippen molar-refractivity contribution in [2.45, 2.75) is 20.3 Å². The zero-order valence-corrected chi connectivity index (χ0v) is 12.0. The molecule has 2 heterocycles. The van der Waals surface area contributed by atoms with E-state index in [0.717, 1.165) is 17.8 Å². The number of pyridine rings is 1. The average molecular weight is 280 g/mol. The number of nitrogens with zero attached hydrogens (tertiary/aromatic N) is 1. The van der Waals surface area contributed by atoms with Gasteiger partial charge in [-0.15, -0.1) is 0 Å². The smallest absolute Gasteiger partial charge is 0.291 e. The van der Waals surface area contributed by atoms with Gasteiger partial charge in [0.2, 0.25) is 0 Å². The number of amides is 1. The van der Waals surface area contributed by atoms with Crippen LogP contribution in [-0.2, 0) is 6.42 Å². The number of fused-ring (bicyclic) bond motifs is 1. The van der Waals surface area contributed by atoms with Gasteiger partial charge in [-0.2, -0.15) is 0 Å². The van der Waals surface area contributed by atoms with Crippen LogP contribution in [-0.4, -0.2) is 10.9 Å². The van der Waals surface area contributed by atoms with Crippen molar-refractivity contribution in [3.05, 3.63) is 59.5 Å². The predicted molar refractivity (Wildman–Crippen MR) is 82.5 cm³/mol. The summed E-state index contributed by atoms with van der Waals surface area (Å²) >= 11 is 0. The summed E-state index contributed by atoms with van der Waals surface area (Å²) < 4.78 is 5.53. The van der Waals surface area contributed by atoms with E-state index in [2.05, 4.69) is 17.2 Å². The topological polar surface area (TPSA) is 55.1 Å². The van der Waals surface area contributed by atoms with E-state index in [1.807, 2.05) is 43.3 Å². The Hall–Kier alpha value is -2.62. The molecule has 21 heavy (non-hydrogen) atoms. The number of carbonyl (C=O) groups excluding carboxylic acids is 1. The van der Waals surface area contributed by atoms with Crippen LogP contribution in [0.5, 0.6) is 0 Å². The largest absolute Gasteiger partial charge is 0.449 e. The standard InChI is InChI=1S/C17H16N2O2/c1-3-12-5-7-13(8-6-12)19-17(20)16-10-14-15(21-16)9-4-11(2)18-14/h4-10H,3H2,1-2H3,(H,19,20). The molecule has 0 aliphatic rings. The Morgan fingerprint density at radius 2 is 1.95 bits per heavy atom. The van der Waals surface area contributed by atoms with Crippen molar-refractivity contribution in [2.75, 3.05) is 5.32 Å². The summed E-state index contributed by atoms with van der Waals surface area (Å²) in [5, 5.41) is 2.82. The number of rotatable bonds is 3. The summed E-state index contributed by atoms with van der Waals surface area (Å²) in [5.74, 6) is -0.00225. The number of aryl methyl sites for hydroxylation is 2. The molecule has 0 bridgehead atoms. The molecule has 0 saturated carbocycles. The summed E-state index contributed by atoms with van der Waals surface area (Å²) in [6.07, 6.45) is 0.975. The van der Waals surface area contributed by atoms with Gasteiger partial charge >= 0.3 is 0 Å². The van der Waals surface area contributed by atoms with Crippen LogP contribution in [0, 0.1) is 6.92 Å². The SMILES string of the molecule is CCc1ccc(NC(=O)c2cc3nc(C)ccc3o2)cc1. The van der Waals surface area contributed by atoms with Gasteiger partial charge in [-0.1, -0.05) is 19.1 Å². The van der Waals surface area contributed by atoms with Crippen molar-refractivity contribution in [3.8, 4) is 0 Å². The van der Waals surface area contributed by atoms with Crippen molar-refractivity contribution in [2.24, 2.45) is 0 Å². The van der Waals surface area contributed by atoms with Crippen molar-refractivity contribution in [1.29, 1.82) is 0 Å². The van der Waals surface area contributed by atoms with Gasteiger partial charge in [-0.25, -0.2) is 4.98 Å². The van der Waals surface area contributed by atoms with Gasteiger partial charge in [0.05, 0.1) is 0 Å². The number of furan rings is 1. The van der Waals surface area contributed by atoms with Crippen LogP contribution < -0.4 is 5.32 Å². The maximum Gasteiger partial charge on any atom is 0.291 e. The van der Waals surface area contributed by atoms with E-state index in [1.165, 1.54) is 5.56 Å². The molecule has 0 radical (unpaired) electrons. The van der Waals surface area contributed by atoms with Gasteiger partial charge in [0.15, 0.2) is 11.3 Å². The average Bonchev–Trinajstić information content (AvgIpc) is 2.91. The second-order valence-electron chi connectivity index (χ2n) is 4.95. The Kier molecular flexibility index (Phi) is 3.44. The molecular formula is C17H16N2O2. The Morgan fingerprint density at radius 3 is 2.67 bits per heavy atom. The number of aromatic nitrogens is 1. The fraction of sp³-hybridized carbons (Fsp3) is 0.176. The zero-order valence-electron chi connectivity index (χ0n) is 12.0. The first kappa shape index (κ1) is 13.4. The molecule has 4 nitrogen and oxygen atoms in total. The minimum absolute atomic E-state index is 0.266. The lowest BCUT2D eigenvalue weighted by Crippen LogP contribution is -2.10. The van der Waals surface area contributed by atoms with Crippen LogP contribution >= 0.6 is 0 Å². The third-order valence-corrected chi connectivity index (χ3v) is 3.36. The second-order valence-corrected chi connectivity index (χ2v) is 4.95. The molecule has 0 atom stereocenters. The number of carbonyl (C=O) groups is 1. The molecule has 0 spiro atoms. The Balaban J connectivity index is 1.82. The van der Waals surface area contributed by atoms with Gasteiger partial charge < -0.3 is 9.73 Å². The van der Waals surface area contributed by atoms with Crippen molar-refractivity contribution < 1.29 is 9.21 Å². The molecule has 1 amide bonds. The fourth-order valence-corrected chi connectivity index (χ4v) is 2.15. The van der Waals surface area contributed by atoms with E-state index in [9.17, 15) is 4.79 Å². The summed E-state index contributed by atoms with van der Waals surface area (Å²) in [7, 11) is 0. The molecule has 0 fully saturated rings. The first-order valence-electron chi connectivity index (χ1n) is 6.93. The van der Waals surface area contributed by atoms with Gasteiger partial charge in [0, 0.05) is 17.4 Å². The van der Waals surface area contributed by atoms with Crippen LogP contribution in [0.25, 0.3) is 11.1 Å². The van der Waals surface area contributed by atoms with Crippen LogP contribution in [0.15, 0.2) is 46.9 Å². The lowest BCUT2D eigenvalue weighted by Gasteiger charge is -2.03. The van der Waals surface area contributed by atoms with E-state index in [0.29, 0.717) is 11.1 Å². The summed E-state index contributed by atoms with van der Waals surface area (Å²) in [6.45, 7) is 4.00. The van der Waals surface area contributed by atoms with Crippen molar-refractivity contribution in [1.82, 2.24) is 4.98 Å². The Bertz CT molecular complexity index is 788. The fourth-order valence-electron chi connectivity index (χ4n) is 2.15. The highest BCUT2D eigenvalue weighted by Crippen LogP contribution is 2.19. The zero-order chi connectivity index (χ0) is 14.8. The monoisotopic (exact) mass is 280 g/mol. The number of hydrogen-bond acceptors (Lipinski definition) is 3. The lowest BCUT2D eigenvalue weighted by atomic mass is 10.1. The molecule has 3 aromatic rings. The van der Waals surface area contributed by atoms with E-state index in [-0.39, 0.29) is 11.7 Å². The minimum atomic E-state index is -0.269. The number of nitrogens with one attached hydrogen (secondary N) is 1. The lowest BCUT2D eigenvalue weighted by molar-refractivity contribution is 0.0998. The molecule has 0 aliphatic carbocycles. The first-order valence-corrected chi connectivity index (χ1v) is 6.93. The molecule has 1 N–H and O–H groups in total. The molecule has 0 aliphatic heterocycles. The summed E-state index contributed by atoms with van der Waals surface area (Å²) in [4.78, 5) is 16.5. The Labute approximate surface area is 122 Å². The minimum Gasteiger partial charge on any atom is -0.449 e. The summed E-state index contributed by atoms with van der Waals surface area (Å²) in [5.41, 5.74) is 4.19. The van der Waals surface area contributed by atoms with Crippen LogP contribution in [0.3, 0.4) is 0 Å². The van der Waals surface area contributed by atoms with Gasteiger partial charge in [-0.05, 0) is 43.2 Å². The highest BCUT2D eigenvalue weighted by molar-refractivity contribution is 6.04. The van der Waals surface area contributed by atoms with E-state index >= 15 is 0 Å². The van der Waals surface area contributed by atoms with E-state index in [4.69, 9.17) is 4.42 Å². The Morgan fingerprint density at radius 1 is 1.19 bits per heavy atom. The number of benzene rings is 1. The number of anilines is 1. The van der Waals surface area contributed by atoms with Crippen LogP contribution in [0.4, 0.5) is 5.69 Å². The van der Waals surface area contributed by atoms with Crippen molar-refractivity contribution >= 4 is 22.7 Å². The van der Waals surface area contributed by atoms with E-state index < -0.39 is 0 Å². The van der Waals surface area contributed by atoms with Crippen molar-refractivity contribution in [3.63, 3.8) is 0 Å². The van der Waals surface area contributed by atoms with Gasteiger partial charge in [0.1, 0.15) is 5.52 Å². The van der Waals surface area contributed by atoms with Gasteiger partial charge in [-0.3, -0.25) is 4.79 Å².